The van der Waals surface area contributed by atoms with Crippen LogP contribution in [0.1, 0.15) is 5.56 Å². The van der Waals surface area contributed by atoms with Crippen molar-refractivity contribution < 1.29 is 4.90 Å². The number of aromatic nitrogens is 4. The van der Waals surface area contributed by atoms with Crippen molar-refractivity contribution in [2.24, 2.45) is 14.1 Å². The fraction of sp³-hybridized carbons (Fsp3) is 0.421. The Bertz CT molecular complexity index is 1050. The van der Waals surface area contributed by atoms with E-state index < -0.39 is 0 Å². The topological polar surface area (TPSA) is 78.3 Å². The van der Waals surface area contributed by atoms with Gasteiger partial charge in [-0.3, -0.25) is 13.9 Å². The molecule has 0 radical (unpaired) electrons. The number of hydrogen-bond acceptors (Lipinski definition) is 4. The zero-order valence-corrected chi connectivity index (χ0v) is 16.3. The second kappa shape index (κ2) is 7.79. The van der Waals surface area contributed by atoms with Gasteiger partial charge in [-0.15, -0.1) is 0 Å². The van der Waals surface area contributed by atoms with E-state index in [1.54, 1.807) is 7.05 Å². The van der Waals surface area contributed by atoms with E-state index in [0.717, 1.165) is 24.1 Å². The lowest BCUT2D eigenvalue weighted by atomic mass is 10.1. The molecule has 8 nitrogen and oxygen atoms in total. The van der Waals surface area contributed by atoms with Crippen molar-refractivity contribution >= 4 is 17.1 Å². The standard InChI is InChI=1S/C19H26N6O2/c1-22(2)13-11-20-18-21-16-15(17(26)24(4)19(27)23(16)3)25(18)12-10-14-8-6-5-7-9-14/h5-9H,10-13H2,1-4H3,(H,20,21)/p+1. The summed E-state index contributed by atoms with van der Waals surface area (Å²) in [5, 5.41) is 3.33. The summed E-state index contributed by atoms with van der Waals surface area (Å²) >= 11 is 0. The number of nitrogens with one attached hydrogen (secondary N) is 2. The van der Waals surface area contributed by atoms with Crippen molar-refractivity contribution in [2.75, 3.05) is 32.5 Å². The van der Waals surface area contributed by atoms with Gasteiger partial charge in [-0.2, -0.15) is 4.98 Å². The average molecular weight is 371 g/mol. The van der Waals surface area contributed by atoms with E-state index in [-0.39, 0.29) is 11.2 Å². The van der Waals surface area contributed by atoms with Gasteiger partial charge in [0.15, 0.2) is 11.2 Å². The average Bonchev–Trinajstić information content (AvgIpc) is 3.02. The summed E-state index contributed by atoms with van der Waals surface area (Å²) in [4.78, 5) is 30.9. The number of fused-ring (bicyclic) bond motifs is 1. The van der Waals surface area contributed by atoms with Crippen LogP contribution in [0.4, 0.5) is 5.95 Å². The summed E-state index contributed by atoms with van der Waals surface area (Å²) in [6.07, 6.45) is 0.770. The van der Waals surface area contributed by atoms with Crippen LogP contribution in [0.3, 0.4) is 0 Å². The third-order valence-electron chi connectivity index (χ3n) is 4.72. The lowest BCUT2D eigenvalue weighted by Crippen LogP contribution is -3.06. The Labute approximate surface area is 157 Å². The van der Waals surface area contributed by atoms with Gasteiger partial charge in [0.1, 0.15) is 0 Å². The van der Waals surface area contributed by atoms with Crippen LogP contribution in [0.15, 0.2) is 39.9 Å². The lowest BCUT2D eigenvalue weighted by molar-refractivity contribution is -0.856. The Kier molecular flexibility index (Phi) is 5.46. The van der Waals surface area contributed by atoms with E-state index in [0.29, 0.717) is 23.7 Å². The van der Waals surface area contributed by atoms with Gasteiger partial charge < -0.3 is 14.8 Å². The number of aryl methyl sites for hydroxylation is 3. The molecule has 27 heavy (non-hydrogen) atoms. The molecule has 2 aromatic heterocycles. The zero-order valence-electron chi connectivity index (χ0n) is 16.3. The Balaban J connectivity index is 2.05. The molecule has 2 N–H and O–H groups in total. The van der Waals surface area contributed by atoms with Gasteiger partial charge in [0, 0.05) is 20.6 Å². The first kappa shape index (κ1) is 18.9. The summed E-state index contributed by atoms with van der Waals surface area (Å²) < 4.78 is 4.46. The Morgan fingerprint density at radius 2 is 1.78 bits per heavy atom. The first-order valence-corrected chi connectivity index (χ1v) is 9.13. The second-order valence-electron chi connectivity index (χ2n) is 7.08. The Hall–Kier alpha value is -2.87. The fourth-order valence-electron chi connectivity index (χ4n) is 3.11. The van der Waals surface area contributed by atoms with Gasteiger partial charge in [-0.05, 0) is 12.0 Å². The van der Waals surface area contributed by atoms with Gasteiger partial charge in [0.05, 0.1) is 27.2 Å². The first-order valence-electron chi connectivity index (χ1n) is 9.13. The third-order valence-corrected chi connectivity index (χ3v) is 4.72. The summed E-state index contributed by atoms with van der Waals surface area (Å²) in [6.45, 7) is 2.25. The maximum absolute atomic E-state index is 12.8. The van der Waals surface area contributed by atoms with Gasteiger partial charge >= 0.3 is 5.69 Å². The molecule has 0 spiro atoms. The molecule has 2 heterocycles. The molecule has 0 amide bonds. The van der Waals surface area contributed by atoms with Crippen molar-refractivity contribution in [3.8, 4) is 0 Å². The van der Waals surface area contributed by atoms with Crippen LogP contribution in [0.25, 0.3) is 11.2 Å². The van der Waals surface area contributed by atoms with Gasteiger partial charge in [0.25, 0.3) is 5.56 Å². The lowest BCUT2D eigenvalue weighted by Gasteiger charge is -2.12. The molecular formula is C19H27N6O2+. The van der Waals surface area contributed by atoms with Gasteiger partial charge in [-0.25, -0.2) is 4.79 Å². The number of hydrogen-bond donors (Lipinski definition) is 2. The largest absolute Gasteiger partial charge is 0.350 e. The third kappa shape index (κ3) is 3.80. The molecule has 0 bridgehead atoms. The number of anilines is 1. The highest BCUT2D eigenvalue weighted by atomic mass is 16.2. The van der Waals surface area contributed by atoms with Crippen LogP contribution in [0, 0.1) is 0 Å². The fourth-order valence-corrected chi connectivity index (χ4v) is 3.11. The molecule has 0 aliphatic heterocycles. The molecule has 8 heteroatoms. The highest BCUT2D eigenvalue weighted by Crippen LogP contribution is 2.16. The maximum Gasteiger partial charge on any atom is 0.332 e. The number of rotatable bonds is 7. The minimum Gasteiger partial charge on any atom is -0.350 e. The molecule has 0 aliphatic carbocycles. The monoisotopic (exact) mass is 371 g/mol. The summed E-state index contributed by atoms with van der Waals surface area (Å²) in [5.74, 6) is 0.625. The molecule has 1 aromatic carbocycles. The van der Waals surface area contributed by atoms with E-state index in [1.165, 1.54) is 22.1 Å². The van der Waals surface area contributed by atoms with E-state index in [9.17, 15) is 9.59 Å². The molecule has 3 aromatic rings. The molecule has 0 saturated carbocycles. The van der Waals surface area contributed by atoms with Crippen LogP contribution in [-0.4, -0.2) is 45.9 Å². The van der Waals surface area contributed by atoms with Crippen molar-refractivity contribution in [3.63, 3.8) is 0 Å². The maximum atomic E-state index is 12.8. The molecule has 0 unspecified atom stereocenters. The van der Waals surface area contributed by atoms with Crippen molar-refractivity contribution in [3.05, 3.63) is 56.7 Å². The van der Waals surface area contributed by atoms with E-state index in [2.05, 4.69) is 36.5 Å². The van der Waals surface area contributed by atoms with E-state index in [1.807, 2.05) is 22.8 Å². The number of imidazole rings is 1. The highest BCUT2D eigenvalue weighted by Gasteiger charge is 2.19. The van der Waals surface area contributed by atoms with Gasteiger partial charge in [0.2, 0.25) is 5.95 Å². The number of quaternary nitrogens is 1. The zero-order chi connectivity index (χ0) is 19.6. The molecule has 0 fully saturated rings. The van der Waals surface area contributed by atoms with Crippen LogP contribution >= 0.6 is 0 Å². The quantitative estimate of drug-likeness (QED) is 0.572. The summed E-state index contributed by atoms with van der Waals surface area (Å²) in [7, 11) is 7.31. The SMILES string of the molecule is Cn1c(=O)c2c(nc(NCC[NH+](C)C)n2CCc2ccccc2)n(C)c1=O. The predicted molar refractivity (Wildman–Crippen MR) is 107 cm³/mol. The number of benzene rings is 1. The van der Waals surface area contributed by atoms with E-state index >= 15 is 0 Å². The summed E-state index contributed by atoms with van der Waals surface area (Å²) in [6, 6.07) is 10.1. The van der Waals surface area contributed by atoms with Crippen molar-refractivity contribution in [1.29, 1.82) is 0 Å². The molecule has 144 valence electrons. The first-order chi connectivity index (χ1) is 12.9. The Morgan fingerprint density at radius 1 is 1.07 bits per heavy atom. The van der Waals surface area contributed by atoms with E-state index in [4.69, 9.17) is 0 Å². The van der Waals surface area contributed by atoms with Crippen LogP contribution in [0.5, 0.6) is 0 Å². The van der Waals surface area contributed by atoms with Crippen molar-refractivity contribution in [2.45, 2.75) is 13.0 Å². The molecule has 0 atom stereocenters. The van der Waals surface area contributed by atoms with Crippen LogP contribution < -0.4 is 21.5 Å². The Morgan fingerprint density at radius 3 is 2.44 bits per heavy atom. The number of likely N-dealkylation sites (N-methyl/N-ethyl adjacent to an activating group) is 1. The van der Waals surface area contributed by atoms with Crippen LogP contribution in [-0.2, 0) is 27.1 Å². The molecular weight excluding hydrogens is 344 g/mol. The normalized spacial score (nSPS) is 11.4. The minimum atomic E-state index is -0.371. The smallest absolute Gasteiger partial charge is 0.332 e. The molecule has 0 aliphatic rings. The summed E-state index contributed by atoms with van der Waals surface area (Å²) in [5.41, 5.74) is 1.36. The second-order valence-corrected chi connectivity index (χ2v) is 7.08. The van der Waals surface area contributed by atoms with Crippen LogP contribution in [0.2, 0.25) is 0 Å². The highest BCUT2D eigenvalue weighted by molar-refractivity contribution is 5.74. The molecule has 0 saturated heterocycles. The van der Waals surface area contributed by atoms with Gasteiger partial charge in [-0.1, -0.05) is 30.3 Å². The number of nitrogens with zero attached hydrogens (tertiary/aromatic N) is 4. The predicted octanol–water partition coefficient (Wildman–Crippen LogP) is -0.767. The molecule has 3 rings (SSSR count). The van der Waals surface area contributed by atoms with Crippen molar-refractivity contribution in [1.82, 2.24) is 18.7 Å². The minimum absolute atomic E-state index is 0.319.